The predicted molar refractivity (Wildman–Crippen MR) is 123 cm³/mol. The molecule has 2 aromatic carbocycles. The molecular weight excluding hydrogens is 418 g/mol. The van der Waals surface area contributed by atoms with Gasteiger partial charge in [0.25, 0.3) is 5.91 Å². The van der Waals surface area contributed by atoms with Crippen LogP contribution in [0, 0.1) is 5.92 Å². The van der Waals surface area contributed by atoms with Gasteiger partial charge in [0.05, 0.1) is 5.92 Å². The molecule has 3 rings (SSSR count). The number of carboxylic acids is 1. The summed E-state index contributed by atoms with van der Waals surface area (Å²) in [4.78, 5) is 28.1. The number of likely N-dealkylation sites (tertiary alicyclic amines) is 1. The van der Waals surface area contributed by atoms with Crippen molar-refractivity contribution in [1.82, 2.24) is 4.90 Å². The van der Waals surface area contributed by atoms with Gasteiger partial charge in [-0.2, -0.15) is 0 Å². The van der Waals surface area contributed by atoms with Crippen LogP contribution in [0.1, 0.15) is 31.7 Å². The molecule has 0 radical (unpaired) electrons. The van der Waals surface area contributed by atoms with Crippen molar-refractivity contribution in [3.8, 4) is 0 Å². The number of carbonyl (C=O) groups is 2. The van der Waals surface area contributed by atoms with Crippen LogP contribution in [0.3, 0.4) is 0 Å². The summed E-state index contributed by atoms with van der Waals surface area (Å²) in [6, 6.07) is 17.1. The van der Waals surface area contributed by atoms with Crippen molar-refractivity contribution in [1.29, 1.82) is 0 Å². The number of thioether (sulfide) groups is 1. The Labute approximate surface area is 186 Å². The molecule has 2 atom stereocenters. The number of benzene rings is 2. The second kappa shape index (κ2) is 10.7. The highest BCUT2D eigenvalue weighted by Crippen LogP contribution is 2.30. The lowest BCUT2D eigenvalue weighted by molar-refractivity contribution is -0.148. The average molecular weight is 444 g/mol. The second-order valence-corrected chi connectivity index (χ2v) is 8.81. The highest BCUT2D eigenvalue weighted by molar-refractivity contribution is 7.99. The summed E-state index contributed by atoms with van der Waals surface area (Å²) in [5.41, 5.74) is 1.41. The van der Waals surface area contributed by atoms with E-state index in [1.165, 1.54) is 0 Å². The summed E-state index contributed by atoms with van der Waals surface area (Å²) >= 11 is 7.93. The zero-order valence-electron chi connectivity index (χ0n) is 17.0. The largest absolute Gasteiger partial charge is 0.481 e. The molecule has 2 aromatic rings. The molecule has 1 unspecified atom stereocenters. The zero-order chi connectivity index (χ0) is 21.5. The minimum Gasteiger partial charge on any atom is -0.481 e. The number of piperidine rings is 1. The quantitative estimate of drug-likeness (QED) is 0.445. The zero-order valence-corrected chi connectivity index (χ0v) is 18.5. The number of aliphatic carboxylic acids is 1. The monoisotopic (exact) mass is 443 g/mol. The third-order valence-corrected chi connectivity index (χ3v) is 6.83. The van der Waals surface area contributed by atoms with Gasteiger partial charge in [-0.1, -0.05) is 54.9 Å². The number of amides is 1. The molecule has 0 aromatic heterocycles. The number of halogens is 1. The van der Waals surface area contributed by atoms with Gasteiger partial charge in [0.15, 0.2) is 0 Å². The lowest BCUT2D eigenvalue weighted by atomic mass is 9.87. The highest BCUT2D eigenvalue weighted by atomic mass is 35.5. The molecule has 4 nitrogen and oxygen atoms in total. The third-order valence-electron chi connectivity index (χ3n) is 5.42. The van der Waals surface area contributed by atoms with Crippen molar-refractivity contribution in [2.24, 2.45) is 5.92 Å². The summed E-state index contributed by atoms with van der Waals surface area (Å²) in [5.74, 6) is -0.958. The van der Waals surface area contributed by atoms with Crippen molar-refractivity contribution in [3.05, 3.63) is 70.8 Å². The maximum atomic E-state index is 13.6. The summed E-state index contributed by atoms with van der Waals surface area (Å²) in [7, 11) is 0. The minimum atomic E-state index is -0.824. The molecule has 1 N–H and O–H groups in total. The van der Waals surface area contributed by atoms with E-state index in [1.807, 2.05) is 61.5 Å². The number of hydrogen-bond acceptors (Lipinski definition) is 3. The van der Waals surface area contributed by atoms with Crippen LogP contribution >= 0.6 is 23.4 Å². The first kappa shape index (κ1) is 22.4. The van der Waals surface area contributed by atoms with Crippen molar-refractivity contribution in [3.63, 3.8) is 0 Å². The van der Waals surface area contributed by atoms with Crippen LogP contribution < -0.4 is 0 Å². The van der Waals surface area contributed by atoms with Gasteiger partial charge in [0.1, 0.15) is 0 Å². The molecule has 6 heteroatoms. The topological polar surface area (TPSA) is 57.6 Å². The summed E-state index contributed by atoms with van der Waals surface area (Å²) in [6.45, 7) is 2.53. The van der Waals surface area contributed by atoms with Crippen LogP contribution in [0.25, 0.3) is 6.08 Å². The fraction of sp³-hybridized carbons (Fsp3) is 0.333. The standard InChI is InChI=1S/C24H26ClNO3S/c1-2-22-20(24(28)29)12-8-14-26(22)23(27)18(15-17-9-6-7-13-21(17)25)16-30-19-10-4-3-5-11-19/h3-7,9-11,13,15,20,22H,2,8,12,14,16H2,1H3,(H,28,29)/b18-15+/t20?,22-/m1/s1. The van der Waals surface area contributed by atoms with Crippen LogP contribution in [0.5, 0.6) is 0 Å². The van der Waals surface area contributed by atoms with Crippen LogP contribution in [0.2, 0.25) is 5.02 Å². The fourth-order valence-electron chi connectivity index (χ4n) is 3.91. The summed E-state index contributed by atoms with van der Waals surface area (Å²) in [6.07, 6.45) is 3.77. The van der Waals surface area contributed by atoms with Crippen molar-refractivity contribution >= 4 is 41.3 Å². The molecule has 0 saturated carbocycles. The summed E-state index contributed by atoms with van der Waals surface area (Å²) < 4.78 is 0. The van der Waals surface area contributed by atoms with Crippen molar-refractivity contribution < 1.29 is 14.7 Å². The second-order valence-electron chi connectivity index (χ2n) is 7.35. The Morgan fingerprint density at radius 2 is 1.87 bits per heavy atom. The number of carboxylic acid groups (broad SMARTS) is 1. The van der Waals surface area contributed by atoms with Crippen molar-refractivity contribution in [2.45, 2.75) is 37.1 Å². The van der Waals surface area contributed by atoms with E-state index in [4.69, 9.17) is 11.6 Å². The molecule has 1 amide bonds. The van der Waals surface area contributed by atoms with E-state index in [1.54, 1.807) is 22.7 Å². The number of carbonyl (C=O) groups excluding carboxylic acids is 1. The van der Waals surface area contributed by atoms with Crippen LogP contribution in [-0.4, -0.2) is 40.2 Å². The van der Waals surface area contributed by atoms with Gasteiger partial charge in [-0.05, 0) is 49.1 Å². The minimum absolute atomic E-state index is 0.101. The molecule has 1 fully saturated rings. The van der Waals surface area contributed by atoms with E-state index >= 15 is 0 Å². The van der Waals surface area contributed by atoms with Gasteiger partial charge in [0, 0.05) is 33.8 Å². The Morgan fingerprint density at radius 3 is 2.53 bits per heavy atom. The van der Waals surface area contributed by atoms with E-state index in [2.05, 4.69) is 0 Å². The van der Waals surface area contributed by atoms with E-state index in [0.717, 1.165) is 10.5 Å². The van der Waals surface area contributed by atoms with Gasteiger partial charge < -0.3 is 10.0 Å². The van der Waals surface area contributed by atoms with Crippen LogP contribution in [0.4, 0.5) is 0 Å². The highest BCUT2D eigenvalue weighted by Gasteiger charge is 2.37. The van der Waals surface area contributed by atoms with Crippen LogP contribution in [0.15, 0.2) is 65.1 Å². The Bertz CT molecular complexity index is 916. The number of hydrogen-bond donors (Lipinski definition) is 1. The number of nitrogens with zero attached hydrogens (tertiary/aromatic N) is 1. The van der Waals surface area contributed by atoms with Gasteiger partial charge >= 0.3 is 5.97 Å². The maximum absolute atomic E-state index is 13.6. The van der Waals surface area contributed by atoms with E-state index in [0.29, 0.717) is 42.2 Å². The lowest BCUT2D eigenvalue weighted by Gasteiger charge is -2.39. The Morgan fingerprint density at radius 1 is 1.17 bits per heavy atom. The van der Waals surface area contributed by atoms with E-state index in [9.17, 15) is 14.7 Å². The number of rotatable bonds is 7. The average Bonchev–Trinajstić information content (AvgIpc) is 2.77. The Hall–Kier alpha value is -2.24. The van der Waals surface area contributed by atoms with Gasteiger partial charge in [-0.15, -0.1) is 11.8 Å². The molecule has 1 aliphatic heterocycles. The normalized spacial score (nSPS) is 19.5. The molecule has 0 spiro atoms. The molecule has 30 heavy (non-hydrogen) atoms. The van der Waals surface area contributed by atoms with Crippen LogP contribution in [-0.2, 0) is 9.59 Å². The smallest absolute Gasteiger partial charge is 0.308 e. The Balaban J connectivity index is 1.91. The van der Waals surface area contributed by atoms with Gasteiger partial charge in [-0.3, -0.25) is 9.59 Å². The molecule has 1 aliphatic rings. The fourth-order valence-corrected chi connectivity index (χ4v) is 4.98. The first-order valence-corrected chi connectivity index (χ1v) is 11.5. The van der Waals surface area contributed by atoms with Crippen molar-refractivity contribution in [2.75, 3.05) is 12.3 Å². The molecule has 1 heterocycles. The van der Waals surface area contributed by atoms with Gasteiger partial charge in [0.2, 0.25) is 0 Å². The SMILES string of the molecule is CC[C@@H]1C(C(=O)O)CCCN1C(=O)/C(=C/c1ccccc1Cl)CSc1ccccc1. The predicted octanol–water partition coefficient (Wildman–Crippen LogP) is 5.62. The molecule has 0 bridgehead atoms. The van der Waals surface area contributed by atoms with Gasteiger partial charge in [-0.25, -0.2) is 0 Å². The molecule has 158 valence electrons. The van der Waals surface area contributed by atoms with E-state index < -0.39 is 11.9 Å². The molecule has 1 saturated heterocycles. The maximum Gasteiger partial charge on any atom is 0.308 e. The first-order valence-electron chi connectivity index (χ1n) is 10.2. The summed E-state index contributed by atoms with van der Waals surface area (Å²) in [5, 5.41) is 10.2. The first-order chi connectivity index (χ1) is 14.5. The third kappa shape index (κ3) is 5.46. The lowest BCUT2D eigenvalue weighted by Crippen LogP contribution is -2.51. The molecular formula is C24H26ClNO3S. The van der Waals surface area contributed by atoms with E-state index in [-0.39, 0.29) is 11.9 Å². The Kier molecular flexibility index (Phi) is 8.00. The molecule has 0 aliphatic carbocycles.